The molecule has 0 rings (SSSR count). The van der Waals surface area contributed by atoms with Gasteiger partial charge in [-0.1, -0.05) is 27.7 Å². The maximum atomic E-state index is 12.0. The van der Waals surface area contributed by atoms with E-state index in [-0.39, 0.29) is 5.41 Å². The lowest BCUT2D eigenvalue weighted by molar-refractivity contribution is -0.870. The second-order valence-electron chi connectivity index (χ2n) is 6.42. The largest absolute Gasteiger partial charge is 0.331 e. The Labute approximate surface area is 95.2 Å². The van der Waals surface area contributed by atoms with E-state index in [2.05, 4.69) is 48.8 Å². The minimum absolute atomic E-state index is 0.162. The highest BCUT2D eigenvalue weighted by Gasteiger charge is 2.30. The van der Waals surface area contributed by atoms with Gasteiger partial charge in [0.05, 0.1) is 27.7 Å². The highest BCUT2D eigenvalue weighted by Crippen LogP contribution is 2.28. The molecule has 0 bridgehead atoms. The zero-order chi connectivity index (χ0) is 12.3. The molecule has 0 aliphatic rings. The van der Waals surface area contributed by atoms with Crippen molar-refractivity contribution >= 4 is 5.78 Å². The van der Waals surface area contributed by atoms with E-state index >= 15 is 0 Å². The predicted molar refractivity (Wildman–Crippen MR) is 65.8 cm³/mol. The van der Waals surface area contributed by atoms with Crippen LogP contribution in [0.25, 0.3) is 0 Å². The number of ketones is 1. The molecule has 15 heavy (non-hydrogen) atoms. The highest BCUT2D eigenvalue weighted by molar-refractivity contribution is 5.84. The Morgan fingerprint density at radius 2 is 1.67 bits per heavy atom. The zero-order valence-corrected chi connectivity index (χ0v) is 11.6. The summed E-state index contributed by atoms with van der Waals surface area (Å²) in [6.07, 6.45) is 1.72. The molecule has 0 spiro atoms. The Hall–Kier alpha value is -0.370. The molecular weight excluding hydrogens is 186 g/mol. The van der Waals surface area contributed by atoms with Crippen molar-refractivity contribution in [3.63, 3.8) is 0 Å². The van der Waals surface area contributed by atoms with Crippen LogP contribution in [0.2, 0.25) is 0 Å². The van der Waals surface area contributed by atoms with Crippen molar-refractivity contribution in [1.82, 2.24) is 0 Å². The van der Waals surface area contributed by atoms with Crippen LogP contribution < -0.4 is 0 Å². The van der Waals surface area contributed by atoms with Gasteiger partial charge in [0.25, 0.3) is 0 Å². The van der Waals surface area contributed by atoms with Crippen LogP contribution in [0.4, 0.5) is 0 Å². The van der Waals surface area contributed by atoms with Gasteiger partial charge in [-0.15, -0.1) is 0 Å². The minimum Gasteiger partial charge on any atom is -0.331 e. The first kappa shape index (κ1) is 14.6. The van der Waals surface area contributed by atoms with Crippen molar-refractivity contribution in [3.05, 3.63) is 0 Å². The molecule has 0 saturated carbocycles. The monoisotopic (exact) mass is 214 g/mol. The molecule has 2 nitrogen and oxygen atoms in total. The summed E-state index contributed by atoms with van der Waals surface area (Å²) < 4.78 is 0.940. The van der Waals surface area contributed by atoms with Crippen LogP contribution in [-0.2, 0) is 4.79 Å². The lowest BCUT2D eigenvalue weighted by atomic mass is 9.76. The van der Waals surface area contributed by atoms with Crippen molar-refractivity contribution in [2.24, 2.45) is 11.3 Å². The fourth-order valence-corrected chi connectivity index (χ4v) is 1.36. The summed E-state index contributed by atoms with van der Waals surface area (Å²) in [5, 5.41) is 0. The SMILES string of the molecule is CC(C)C(C)(C)C(=O)CCC[N+](C)(C)C. The summed E-state index contributed by atoms with van der Waals surface area (Å²) in [6, 6.07) is 0. The van der Waals surface area contributed by atoms with Crippen LogP contribution in [0.5, 0.6) is 0 Å². The number of carbonyl (C=O) groups excluding carboxylic acids is 1. The average Bonchev–Trinajstić information content (AvgIpc) is 2.01. The summed E-state index contributed by atoms with van der Waals surface area (Å²) in [4.78, 5) is 12.0. The first-order valence-electron chi connectivity index (χ1n) is 5.91. The van der Waals surface area contributed by atoms with Crippen molar-refractivity contribution in [1.29, 1.82) is 0 Å². The van der Waals surface area contributed by atoms with Gasteiger partial charge in [-0.25, -0.2) is 0 Å². The molecule has 0 radical (unpaired) electrons. The van der Waals surface area contributed by atoms with Gasteiger partial charge in [0, 0.05) is 18.3 Å². The molecular formula is C13H28NO+. The van der Waals surface area contributed by atoms with Crippen LogP contribution in [0.1, 0.15) is 40.5 Å². The Balaban J connectivity index is 4.06. The van der Waals surface area contributed by atoms with Gasteiger partial charge >= 0.3 is 0 Å². The number of nitrogens with zero attached hydrogens (tertiary/aromatic N) is 1. The molecule has 0 fully saturated rings. The van der Waals surface area contributed by atoms with Gasteiger partial charge < -0.3 is 4.48 Å². The van der Waals surface area contributed by atoms with Crippen LogP contribution in [0.3, 0.4) is 0 Å². The number of carbonyl (C=O) groups is 1. The maximum Gasteiger partial charge on any atom is 0.138 e. The third-order valence-corrected chi connectivity index (χ3v) is 3.39. The third-order valence-electron chi connectivity index (χ3n) is 3.39. The van der Waals surface area contributed by atoms with E-state index in [1.807, 2.05) is 0 Å². The van der Waals surface area contributed by atoms with E-state index in [0.29, 0.717) is 11.7 Å². The minimum atomic E-state index is -0.162. The van der Waals surface area contributed by atoms with Gasteiger partial charge in [0.2, 0.25) is 0 Å². The molecule has 90 valence electrons. The normalized spacial score (nSPS) is 13.3. The average molecular weight is 214 g/mol. The van der Waals surface area contributed by atoms with Crippen LogP contribution in [0.15, 0.2) is 0 Å². The lowest BCUT2D eigenvalue weighted by Gasteiger charge is -2.28. The summed E-state index contributed by atoms with van der Waals surface area (Å²) in [5.41, 5.74) is -0.162. The van der Waals surface area contributed by atoms with E-state index in [9.17, 15) is 4.79 Å². The topological polar surface area (TPSA) is 17.1 Å². The number of quaternary nitrogens is 1. The Morgan fingerprint density at radius 1 is 1.20 bits per heavy atom. The summed E-state index contributed by atoms with van der Waals surface area (Å²) in [6.45, 7) is 9.44. The van der Waals surface area contributed by atoms with Crippen molar-refractivity contribution in [3.8, 4) is 0 Å². The quantitative estimate of drug-likeness (QED) is 0.621. The van der Waals surface area contributed by atoms with Crippen molar-refractivity contribution in [2.45, 2.75) is 40.5 Å². The number of hydrogen-bond acceptors (Lipinski definition) is 1. The molecule has 0 atom stereocenters. The smallest absolute Gasteiger partial charge is 0.138 e. The van der Waals surface area contributed by atoms with Crippen LogP contribution in [-0.4, -0.2) is 38.0 Å². The Bertz CT molecular complexity index is 211. The van der Waals surface area contributed by atoms with Gasteiger partial charge in [0.1, 0.15) is 5.78 Å². The van der Waals surface area contributed by atoms with Crippen molar-refractivity contribution < 1.29 is 9.28 Å². The molecule has 0 aliphatic heterocycles. The number of Topliss-reactive ketones (excluding diaryl/α,β-unsaturated/α-hetero) is 1. The van der Waals surface area contributed by atoms with Crippen molar-refractivity contribution in [2.75, 3.05) is 27.7 Å². The lowest BCUT2D eigenvalue weighted by Crippen LogP contribution is -2.36. The second kappa shape index (κ2) is 5.11. The van der Waals surface area contributed by atoms with Gasteiger partial charge in [-0.3, -0.25) is 4.79 Å². The van der Waals surface area contributed by atoms with Crippen LogP contribution >= 0.6 is 0 Å². The van der Waals surface area contributed by atoms with Gasteiger partial charge in [0.15, 0.2) is 0 Å². The summed E-state index contributed by atoms with van der Waals surface area (Å²) in [5.74, 6) is 0.833. The van der Waals surface area contributed by atoms with E-state index in [1.165, 1.54) is 0 Å². The Kier molecular flexibility index (Phi) is 4.98. The molecule has 0 aromatic heterocycles. The van der Waals surface area contributed by atoms with E-state index in [4.69, 9.17) is 0 Å². The van der Waals surface area contributed by atoms with Gasteiger partial charge in [-0.2, -0.15) is 0 Å². The fraction of sp³-hybridized carbons (Fsp3) is 0.923. The predicted octanol–water partition coefficient (Wildman–Crippen LogP) is 2.72. The van der Waals surface area contributed by atoms with E-state index in [0.717, 1.165) is 23.9 Å². The molecule has 0 aliphatic carbocycles. The molecule has 0 unspecified atom stereocenters. The fourth-order valence-electron chi connectivity index (χ4n) is 1.36. The maximum absolute atomic E-state index is 12.0. The Morgan fingerprint density at radius 3 is 2.00 bits per heavy atom. The molecule has 0 saturated heterocycles. The highest BCUT2D eigenvalue weighted by atomic mass is 16.1. The number of hydrogen-bond donors (Lipinski definition) is 0. The standard InChI is InChI=1S/C13H28NO/c1-11(2)13(3,4)12(15)9-8-10-14(5,6)7/h11H,8-10H2,1-7H3/q+1. The van der Waals surface area contributed by atoms with Crippen LogP contribution in [0, 0.1) is 11.3 Å². The summed E-state index contributed by atoms with van der Waals surface area (Å²) in [7, 11) is 6.49. The number of rotatable bonds is 6. The van der Waals surface area contributed by atoms with Gasteiger partial charge in [-0.05, 0) is 5.92 Å². The van der Waals surface area contributed by atoms with E-state index in [1.54, 1.807) is 0 Å². The molecule has 0 aromatic rings. The second-order valence-corrected chi connectivity index (χ2v) is 6.42. The molecule has 0 amide bonds. The molecule has 0 heterocycles. The zero-order valence-electron chi connectivity index (χ0n) is 11.6. The molecule has 2 heteroatoms. The molecule has 0 aromatic carbocycles. The van der Waals surface area contributed by atoms with E-state index < -0.39 is 0 Å². The first-order valence-corrected chi connectivity index (χ1v) is 5.91. The molecule has 0 N–H and O–H groups in total. The third kappa shape index (κ3) is 5.31. The first-order chi connectivity index (χ1) is 6.57. The summed E-state index contributed by atoms with van der Waals surface area (Å²) >= 11 is 0.